The molecule has 1 heterocycles. The third-order valence-corrected chi connectivity index (χ3v) is 4.08. The van der Waals surface area contributed by atoms with E-state index in [2.05, 4.69) is 22.6 Å². The van der Waals surface area contributed by atoms with Crippen LogP contribution in [0.2, 0.25) is 0 Å². The lowest BCUT2D eigenvalue weighted by atomic mass is 10.1. The third kappa shape index (κ3) is 4.71. The van der Waals surface area contributed by atoms with Crippen LogP contribution >= 0.6 is 22.6 Å². The summed E-state index contributed by atoms with van der Waals surface area (Å²) in [5.41, 5.74) is 0. The molecule has 1 aromatic carbocycles. The number of halogens is 1. The molecule has 2 atom stereocenters. The monoisotopic (exact) mass is 390 g/mol. The van der Waals surface area contributed by atoms with Gasteiger partial charge in [-0.1, -0.05) is 12.1 Å². The van der Waals surface area contributed by atoms with E-state index >= 15 is 0 Å². The summed E-state index contributed by atoms with van der Waals surface area (Å²) in [6.45, 7) is 2.94. The zero-order valence-electron chi connectivity index (χ0n) is 11.5. The smallest absolute Gasteiger partial charge is 0.340 e. The Bertz CT molecular complexity index is 443. The summed E-state index contributed by atoms with van der Waals surface area (Å²) in [7, 11) is 0. The van der Waals surface area contributed by atoms with Crippen LogP contribution in [0.15, 0.2) is 24.3 Å². The zero-order valence-corrected chi connectivity index (χ0v) is 13.7. The van der Waals surface area contributed by atoms with Gasteiger partial charge in [-0.2, -0.15) is 0 Å². The molecule has 110 valence electrons. The molecular formula is C15H19IO4. The molecule has 4 nitrogen and oxygen atoms in total. The molecule has 2 unspecified atom stereocenters. The van der Waals surface area contributed by atoms with E-state index < -0.39 is 6.10 Å². The van der Waals surface area contributed by atoms with Crippen LogP contribution in [0.25, 0.3) is 0 Å². The Kier molecular flexibility index (Phi) is 6.25. The fourth-order valence-electron chi connectivity index (χ4n) is 1.98. The first-order chi connectivity index (χ1) is 9.66. The Balaban J connectivity index is 1.78. The number of hydrogen-bond acceptors (Lipinski definition) is 4. The Morgan fingerprint density at radius 3 is 2.95 bits per heavy atom. The molecule has 1 aromatic rings. The van der Waals surface area contributed by atoms with Crippen LogP contribution in [0, 0.1) is 3.57 Å². The first-order valence-corrected chi connectivity index (χ1v) is 7.94. The highest BCUT2D eigenvalue weighted by molar-refractivity contribution is 14.1. The molecule has 20 heavy (non-hydrogen) atoms. The molecule has 1 aliphatic rings. The molecule has 0 radical (unpaired) electrons. The van der Waals surface area contributed by atoms with Crippen LogP contribution in [-0.2, 0) is 14.3 Å². The van der Waals surface area contributed by atoms with Gasteiger partial charge in [-0.05, 0) is 60.9 Å². The summed E-state index contributed by atoms with van der Waals surface area (Å²) in [5.74, 6) is 0.201. The number of esters is 1. The maximum atomic E-state index is 11.9. The molecule has 0 bridgehead atoms. The van der Waals surface area contributed by atoms with E-state index in [9.17, 15) is 4.79 Å². The van der Waals surface area contributed by atoms with E-state index in [1.165, 1.54) is 0 Å². The molecule has 1 aliphatic heterocycles. The molecular weight excluding hydrogens is 371 g/mol. The maximum Gasteiger partial charge on any atom is 0.340 e. The molecule has 0 aliphatic carbocycles. The van der Waals surface area contributed by atoms with E-state index in [-0.39, 0.29) is 12.1 Å². The summed E-state index contributed by atoms with van der Waals surface area (Å²) in [6, 6.07) is 7.41. The molecule has 0 amide bonds. The number of benzene rings is 1. The van der Waals surface area contributed by atoms with E-state index in [1.54, 1.807) is 13.0 Å². The second-order valence-electron chi connectivity index (χ2n) is 4.82. The van der Waals surface area contributed by atoms with Crippen LogP contribution in [0.5, 0.6) is 5.75 Å². The van der Waals surface area contributed by atoms with Gasteiger partial charge in [0.25, 0.3) is 0 Å². The average Bonchev–Trinajstić information content (AvgIpc) is 2.48. The minimum absolute atomic E-state index is 0.107. The normalized spacial score (nSPS) is 20.4. The van der Waals surface area contributed by atoms with Crippen molar-refractivity contribution in [3.05, 3.63) is 27.8 Å². The lowest BCUT2D eigenvalue weighted by Gasteiger charge is -2.23. The van der Waals surface area contributed by atoms with Crippen molar-refractivity contribution in [2.75, 3.05) is 13.2 Å². The largest absolute Gasteiger partial charge is 0.423 e. The SMILES string of the molecule is CC(OCC1CCCCO1)C(=O)Oc1ccccc1I. The van der Waals surface area contributed by atoms with Crippen molar-refractivity contribution in [3.63, 3.8) is 0 Å². The molecule has 0 N–H and O–H groups in total. The minimum atomic E-state index is -0.587. The van der Waals surface area contributed by atoms with E-state index in [4.69, 9.17) is 14.2 Å². The van der Waals surface area contributed by atoms with Crippen LogP contribution in [0.3, 0.4) is 0 Å². The van der Waals surface area contributed by atoms with Gasteiger partial charge in [0, 0.05) is 6.61 Å². The fraction of sp³-hybridized carbons (Fsp3) is 0.533. The van der Waals surface area contributed by atoms with Gasteiger partial charge in [0.05, 0.1) is 16.3 Å². The molecule has 0 aromatic heterocycles. The highest BCUT2D eigenvalue weighted by atomic mass is 127. The molecule has 1 saturated heterocycles. The first-order valence-electron chi connectivity index (χ1n) is 6.86. The van der Waals surface area contributed by atoms with Crippen molar-refractivity contribution >= 4 is 28.6 Å². The summed E-state index contributed by atoms with van der Waals surface area (Å²) in [6.07, 6.45) is 2.79. The van der Waals surface area contributed by atoms with Crippen LogP contribution in [-0.4, -0.2) is 31.4 Å². The lowest BCUT2D eigenvalue weighted by molar-refractivity contribution is -0.149. The topological polar surface area (TPSA) is 44.8 Å². The summed E-state index contributed by atoms with van der Waals surface area (Å²) in [5, 5.41) is 0. The zero-order chi connectivity index (χ0) is 14.4. The van der Waals surface area contributed by atoms with Crippen molar-refractivity contribution in [2.45, 2.75) is 38.4 Å². The summed E-state index contributed by atoms with van der Waals surface area (Å²) in [4.78, 5) is 11.9. The van der Waals surface area contributed by atoms with Gasteiger partial charge in [-0.25, -0.2) is 4.79 Å². The lowest BCUT2D eigenvalue weighted by Crippen LogP contribution is -2.31. The van der Waals surface area contributed by atoms with Crippen LogP contribution < -0.4 is 4.74 Å². The Morgan fingerprint density at radius 1 is 1.45 bits per heavy atom. The molecule has 5 heteroatoms. The minimum Gasteiger partial charge on any atom is -0.423 e. The van der Waals surface area contributed by atoms with Gasteiger partial charge in [-0.15, -0.1) is 0 Å². The molecule has 0 saturated carbocycles. The van der Waals surface area contributed by atoms with Crippen molar-refractivity contribution < 1.29 is 19.0 Å². The molecule has 0 spiro atoms. The Hall–Kier alpha value is -0.660. The van der Waals surface area contributed by atoms with Gasteiger partial charge in [-0.3, -0.25) is 0 Å². The van der Waals surface area contributed by atoms with Gasteiger partial charge in [0.1, 0.15) is 5.75 Å². The predicted octanol–water partition coefficient (Wildman–Crippen LogP) is 3.17. The molecule has 1 fully saturated rings. The number of hydrogen-bond donors (Lipinski definition) is 0. The number of rotatable bonds is 5. The number of carbonyl (C=O) groups excluding carboxylic acids is 1. The summed E-state index contributed by atoms with van der Waals surface area (Å²) >= 11 is 2.14. The van der Waals surface area contributed by atoms with Gasteiger partial charge < -0.3 is 14.2 Å². The van der Waals surface area contributed by atoms with Gasteiger partial charge in [0.15, 0.2) is 6.10 Å². The van der Waals surface area contributed by atoms with Crippen LogP contribution in [0.1, 0.15) is 26.2 Å². The standard InChI is InChI=1S/C15H19IO4/c1-11(19-10-12-6-4-5-9-18-12)15(17)20-14-8-3-2-7-13(14)16/h2-3,7-8,11-12H,4-6,9-10H2,1H3. The Morgan fingerprint density at radius 2 is 2.25 bits per heavy atom. The average molecular weight is 390 g/mol. The highest BCUT2D eigenvalue weighted by Crippen LogP contribution is 2.20. The van der Waals surface area contributed by atoms with Crippen molar-refractivity contribution in [1.29, 1.82) is 0 Å². The number of carbonyl (C=O) groups is 1. The van der Waals surface area contributed by atoms with Crippen molar-refractivity contribution in [1.82, 2.24) is 0 Å². The molecule has 2 rings (SSSR count). The van der Waals surface area contributed by atoms with Crippen molar-refractivity contribution in [2.24, 2.45) is 0 Å². The fourth-order valence-corrected chi connectivity index (χ4v) is 2.47. The highest BCUT2D eigenvalue weighted by Gasteiger charge is 2.20. The van der Waals surface area contributed by atoms with Gasteiger partial charge >= 0.3 is 5.97 Å². The third-order valence-electron chi connectivity index (χ3n) is 3.19. The first kappa shape index (κ1) is 15.7. The van der Waals surface area contributed by atoms with Crippen LogP contribution in [0.4, 0.5) is 0 Å². The second-order valence-corrected chi connectivity index (χ2v) is 5.98. The predicted molar refractivity (Wildman–Crippen MR) is 83.8 cm³/mol. The van der Waals surface area contributed by atoms with E-state index in [1.807, 2.05) is 18.2 Å². The van der Waals surface area contributed by atoms with E-state index in [0.717, 1.165) is 29.4 Å². The number of ether oxygens (including phenoxy) is 3. The summed E-state index contributed by atoms with van der Waals surface area (Å²) < 4.78 is 17.4. The maximum absolute atomic E-state index is 11.9. The van der Waals surface area contributed by atoms with Crippen molar-refractivity contribution in [3.8, 4) is 5.75 Å². The van der Waals surface area contributed by atoms with E-state index in [0.29, 0.717) is 12.4 Å². The second kappa shape index (κ2) is 7.95. The Labute approximate surface area is 132 Å². The number of para-hydroxylation sites is 1. The van der Waals surface area contributed by atoms with Gasteiger partial charge in [0.2, 0.25) is 0 Å². The quantitative estimate of drug-likeness (QED) is 0.440.